The van der Waals surface area contributed by atoms with Crippen LogP contribution in [-0.2, 0) is 11.3 Å². The van der Waals surface area contributed by atoms with E-state index < -0.39 is 26.2 Å². The van der Waals surface area contributed by atoms with Crippen LogP contribution in [0, 0.1) is 11.6 Å². The average molecular weight is 306 g/mol. The second-order valence-corrected chi connectivity index (χ2v) is 7.77. The first-order valence-corrected chi connectivity index (χ1v) is 8.43. The molecule has 1 aromatic rings. The second-order valence-electron chi connectivity index (χ2n) is 5.54. The molecule has 0 aromatic heterocycles. The van der Waals surface area contributed by atoms with Crippen LogP contribution in [0.5, 0.6) is 5.75 Å². The van der Waals surface area contributed by atoms with Crippen molar-refractivity contribution in [3.05, 3.63) is 29.3 Å². The van der Waals surface area contributed by atoms with Crippen LogP contribution in [0.3, 0.4) is 0 Å². The Morgan fingerprint density at radius 2 is 1.70 bits per heavy atom. The summed E-state index contributed by atoms with van der Waals surface area (Å²) in [6, 6.07) is 2.17. The average Bonchev–Trinajstić information content (AvgIpc) is 2.32. The molecule has 0 saturated carbocycles. The summed E-state index contributed by atoms with van der Waals surface area (Å²) < 4.78 is 37.9. The molecule has 3 nitrogen and oxygen atoms in total. The zero-order chi connectivity index (χ0) is 15.3. The summed E-state index contributed by atoms with van der Waals surface area (Å²) in [4.78, 5) is 0. The largest absolute Gasteiger partial charge is 0.489 e. The molecule has 0 heterocycles. The summed E-state index contributed by atoms with van der Waals surface area (Å²) in [5, 5.41) is 8.82. The van der Waals surface area contributed by atoms with Crippen molar-refractivity contribution >= 4 is 7.92 Å². The monoisotopic (exact) mass is 306 g/mol. The highest BCUT2D eigenvalue weighted by Crippen LogP contribution is 2.33. The predicted octanol–water partition coefficient (Wildman–Crippen LogP) is 3.68. The molecule has 1 aromatic carbocycles. The highest BCUT2D eigenvalue weighted by atomic mass is 31.1. The Hall–Kier alpha value is -0.770. The molecule has 0 fully saturated rings. The summed E-state index contributed by atoms with van der Waals surface area (Å²) in [6.45, 7) is 7.23. The van der Waals surface area contributed by atoms with Crippen molar-refractivity contribution in [3.63, 3.8) is 0 Å². The van der Waals surface area contributed by atoms with Crippen molar-refractivity contribution in [2.45, 2.75) is 33.0 Å². The van der Waals surface area contributed by atoms with Crippen molar-refractivity contribution in [1.29, 1.82) is 0 Å². The third-order valence-electron chi connectivity index (χ3n) is 2.44. The van der Waals surface area contributed by atoms with Gasteiger partial charge in [0.15, 0.2) is 0 Å². The van der Waals surface area contributed by atoms with Crippen LogP contribution in [0.1, 0.15) is 26.3 Å². The Bertz CT molecular complexity index is 424. The molecule has 114 valence electrons. The number of ether oxygens (including phenoxy) is 2. The maximum Gasteiger partial charge on any atom is 0.135 e. The lowest BCUT2D eigenvalue weighted by atomic mass is 10.2. The topological polar surface area (TPSA) is 38.7 Å². The van der Waals surface area contributed by atoms with Gasteiger partial charge < -0.3 is 14.6 Å². The number of aliphatic hydroxyl groups excluding tert-OH is 1. The summed E-state index contributed by atoms with van der Waals surface area (Å²) in [5.74, 6) is -1.47. The number of benzene rings is 1. The highest BCUT2D eigenvalue weighted by molar-refractivity contribution is 7.56. The van der Waals surface area contributed by atoms with Crippen LogP contribution in [0.4, 0.5) is 8.78 Å². The maximum absolute atomic E-state index is 13.4. The number of halogens is 2. The highest BCUT2D eigenvalue weighted by Gasteiger charge is 2.14. The van der Waals surface area contributed by atoms with Gasteiger partial charge >= 0.3 is 0 Å². The van der Waals surface area contributed by atoms with Gasteiger partial charge in [-0.2, -0.15) is 0 Å². The van der Waals surface area contributed by atoms with Gasteiger partial charge in [-0.3, -0.25) is 0 Å². The molecule has 0 saturated heterocycles. The second kappa shape index (κ2) is 7.30. The van der Waals surface area contributed by atoms with E-state index in [-0.39, 0.29) is 16.9 Å². The van der Waals surface area contributed by atoms with E-state index in [9.17, 15) is 8.78 Å². The van der Waals surface area contributed by atoms with Crippen molar-refractivity contribution < 1.29 is 23.4 Å². The van der Waals surface area contributed by atoms with Gasteiger partial charge in [0, 0.05) is 17.7 Å². The van der Waals surface area contributed by atoms with Crippen molar-refractivity contribution in [2.75, 3.05) is 19.4 Å². The SMILES string of the molecule is CP(COc1cc(F)c(CO)c(F)c1)COC(C)(C)C. The molecule has 6 heteroatoms. The minimum atomic E-state index is -0.797. The molecule has 0 amide bonds. The molecule has 0 aliphatic heterocycles. The summed E-state index contributed by atoms with van der Waals surface area (Å²) >= 11 is 0. The fraction of sp³-hybridized carbons (Fsp3) is 0.571. The third kappa shape index (κ3) is 5.70. The standard InChI is InChI=1S/C14H21F2O3P/c1-14(2,3)19-9-20(4)8-18-10-5-12(15)11(7-17)13(16)6-10/h5-6,17H,7-9H2,1-4H3. The first kappa shape index (κ1) is 17.3. The van der Waals surface area contributed by atoms with Gasteiger partial charge in [-0.05, 0) is 35.4 Å². The molecule has 1 N–H and O–H groups in total. The quantitative estimate of drug-likeness (QED) is 0.815. The van der Waals surface area contributed by atoms with E-state index in [1.807, 2.05) is 27.4 Å². The van der Waals surface area contributed by atoms with Crippen LogP contribution < -0.4 is 4.74 Å². The van der Waals surface area contributed by atoms with Gasteiger partial charge in [0.05, 0.1) is 18.6 Å². The Labute approximate surface area is 119 Å². The molecule has 0 aliphatic rings. The molecule has 0 bridgehead atoms. The van der Waals surface area contributed by atoms with E-state index in [4.69, 9.17) is 14.6 Å². The minimum Gasteiger partial charge on any atom is -0.489 e. The van der Waals surface area contributed by atoms with Gasteiger partial charge in [0.1, 0.15) is 23.7 Å². The lowest BCUT2D eigenvalue weighted by Crippen LogP contribution is -2.19. The van der Waals surface area contributed by atoms with E-state index in [0.29, 0.717) is 12.7 Å². The lowest BCUT2D eigenvalue weighted by molar-refractivity contribution is 0.0263. The van der Waals surface area contributed by atoms with E-state index in [2.05, 4.69) is 0 Å². The van der Waals surface area contributed by atoms with Gasteiger partial charge in [-0.1, -0.05) is 0 Å². The van der Waals surface area contributed by atoms with Crippen LogP contribution in [0.15, 0.2) is 12.1 Å². The molecule has 0 spiro atoms. The smallest absolute Gasteiger partial charge is 0.135 e. The Morgan fingerprint density at radius 3 is 2.15 bits per heavy atom. The first-order chi connectivity index (χ1) is 9.23. The Morgan fingerprint density at radius 1 is 1.15 bits per heavy atom. The third-order valence-corrected chi connectivity index (χ3v) is 3.58. The van der Waals surface area contributed by atoms with Crippen LogP contribution in [-0.4, -0.2) is 30.1 Å². The van der Waals surface area contributed by atoms with Crippen molar-refractivity contribution in [2.24, 2.45) is 0 Å². The lowest BCUT2D eigenvalue weighted by Gasteiger charge is -2.22. The fourth-order valence-corrected chi connectivity index (χ4v) is 2.39. The summed E-state index contributed by atoms with van der Waals surface area (Å²) in [6.07, 6.45) is 0.932. The molecule has 1 unspecified atom stereocenters. The molecule has 1 rings (SSSR count). The van der Waals surface area contributed by atoms with E-state index in [1.165, 1.54) is 0 Å². The van der Waals surface area contributed by atoms with Gasteiger partial charge in [0.25, 0.3) is 0 Å². The van der Waals surface area contributed by atoms with Crippen molar-refractivity contribution in [1.82, 2.24) is 0 Å². The molecule has 1 atom stereocenters. The summed E-state index contributed by atoms with van der Waals surface area (Å²) in [7, 11) is -0.538. The van der Waals surface area contributed by atoms with Crippen molar-refractivity contribution in [3.8, 4) is 5.75 Å². The number of aliphatic hydroxyl groups is 1. The van der Waals surface area contributed by atoms with Crippen LogP contribution in [0.2, 0.25) is 0 Å². The van der Waals surface area contributed by atoms with Gasteiger partial charge in [-0.15, -0.1) is 0 Å². The minimum absolute atomic E-state index is 0.127. The maximum atomic E-state index is 13.4. The number of rotatable bonds is 6. The number of hydrogen-bond donors (Lipinski definition) is 1. The predicted molar refractivity (Wildman–Crippen MR) is 76.3 cm³/mol. The molecular formula is C14H21F2O3P. The zero-order valence-electron chi connectivity index (χ0n) is 12.2. The normalized spacial score (nSPS) is 13.3. The van der Waals surface area contributed by atoms with Gasteiger partial charge in [-0.25, -0.2) is 8.78 Å². The van der Waals surface area contributed by atoms with E-state index in [0.717, 1.165) is 12.1 Å². The zero-order valence-corrected chi connectivity index (χ0v) is 13.1. The first-order valence-electron chi connectivity index (χ1n) is 6.27. The van der Waals surface area contributed by atoms with Crippen LogP contribution >= 0.6 is 7.92 Å². The Balaban J connectivity index is 2.54. The van der Waals surface area contributed by atoms with Gasteiger partial charge in [0.2, 0.25) is 0 Å². The molecule has 0 radical (unpaired) electrons. The molecule has 20 heavy (non-hydrogen) atoms. The fourth-order valence-electron chi connectivity index (χ4n) is 1.34. The Kier molecular flexibility index (Phi) is 6.31. The van der Waals surface area contributed by atoms with E-state index >= 15 is 0 Å². The summed E-state index contributed by atoms with van der Waals surface area (Å²) in [5.41, 5.74) is -0.551. The number of hydrogen-bond acceptors (Lipinski definition) is 3. The van der Waals surface area contributed by atoms with Crippen LogP contribution in [0.25, 0.3) is 0 Å². The molecule has 0 aliphatic carbocycles. The van der Waals surface area contributed by atoms with E-state index in [1.54, 1.807) is 0 Å². The molecular weight excluding hydrogens is 285 g/mol.